The highest BCUT2D eigenvalue weighted by Gasteiger charge is 2.11. The van der Waals surface area contributed by atoms with Gasteiger partial charge in [0.25, 0.3) is 11.6 Å². The highest BCUT2D eigenvalue weighted by molar-refractivity contribution is 5.92. The van der Waals surface area contributed by atoms with E-state index in [-0.39, 0.29) is 18.2 Å². The maximum absolute atomic E-state index is 12.2. The quantitative estimate of drug-likeness (QED) is 0.227. The summed E-state index contributed by atoms with van der Waals surface area (Å²) >= 11 is 0. The number of carbonyl (C=O) groups is 1. The molecule has 0 aliphatic carbocycles. The van der Waals surface area contributed by atoms with E-state index >= 15 is 0 Å². The predicted octanol–water partition coefficient (Wildman–Crippen LogP) is 4.99. The van der Waals surface area contributed by atoms with E-state index in [2.05, 4.69) is 11.4 Å². The number of amides is 1. The van der Waals surface area contributed by atoms with Crippen molar-refractivity contribution in [2.75, 3.05) is 19.0 Å². The standard InChI is InChI=1S/C25H21N3O5/c1-17-3-8-21(9-4-17)27-25(29)16-33-23-12-5-18(14-24(23)32-2)13-20(15-26)19-6-10-22(11-7-19)28(30)31/h3-14H,16H2,1-2H3,(H,27,29)/b20-13-. The van der Waals surface area contributed by atoms with Gasteiger partial charge in [-0.25, -0.2) is 0 Å². The lowest BCUT2D eigenvalue weighted by Crippen LogP contribution is -2.20. The van der Waals surface area contributed by atoms with E-state index in [4.69, 9.17) is 9.47 Å². The van der Waals surface area contributed by atoms with Crippen molar-refractivity contribution in [1.82, 2.24) is 0 Å². The molecule has 0 aliphatic heterocycles. The monoisotopic (exact) mass is 443 g/mol. The van der Waals surface area contributed by atoms with Crippen LogP contribution in [0.25, 0.3) is 11.6 Å². The first-order valence-corrected chi connectivity index (χ1v) is 9.93. The Labute approximate surface area is 190 Å². The Kier molecular flexibility index (Phi) is 7.39. The Bertz CT molecular complexity index is 1230. The van der Waals surface area contributed by atoms with Crippen LogP contribution in [0.15, 0.2) is 66.7 Å². The van der Waals surface area contributed by atoms with Crippen molar-refractivity contribution in [3.63, 3.8) is 0 Å². The molecule has 0 saturated carbocycles. The summed E-state index contributed by atoms with van der Waals surface area (Å²) < 4.78 is 11.0. The number of carbonyl (C=O) groups excluding carboxylic acids is 1. The van der Waals surface area contributed by atoms with Gasteiger partial charge in [0.1, 0.15) is 0 Å². The second-order valence-electron chi connectivity index (χ2n) is 7.09. The smallest absolute Gasteiger partial charge is 0.269 e. The zero-order chi connectivity index (χ0) is 23.8. The number of non-ortho nitro benzene ring substituents is 1. The molecule has 3 rings (SSSR count). The van der Waals surface area contributed by atoms with Crippen molar-refractivity contribution in [3.05, 3.63) is 93.5 Å². The molecular formula is C25H21N3O5. The molecule has 0 heterocycles. The number of hydrogen-bond donors (Lipinski definition) is 1. The van der Waals surface area contributed by atoms with Crippen LogP contribution in [0.1, 0.15) is 16.7 Å². The highest BCUT2D eigenvalue weighted by atomic mass is 16.6. The van der Waals surface area contributed by atoms with Crippen LogP contribution in [0.2, 0.25) is 0 Å². The van der Waals surface area contributed by atoms with Gasteiger partial charge in [0.05, 0.1) is 23.7 Å². The van der Waals surface area contributed by atoms with Gasteiger partial charge in [-0.1, -0.05) is 23.8 Å². The lowest BCUT2D eigenvalue weighted by atomic mass is 10.0. The number of hydrogen-bond acceptors (Lipinski definition) is 6. The lowest BCUT2D eigenvalue weighted by Gasteiger charge is -2.12. The highest BCUT2D eigenvalue weighted by Crippen LogP contribution is 2.30. The number of nitriles is 1. The summed E-state index contributed by atoms with van der Waals surface area (Å²) in [6, 6.07) is 20.3. The minimum Gasteiger partial charge on any atom is -0.493 e. The molecule has 1 N–H and O–H groups in total. The molecule has 3 aromatic rings. The predicted molar refractivity (Wildman–Crippen MR) is 125 cm³/mol. The zero-order valence-corrected chi connectivity index (χ0v) is 18.1. The lowest BCUT2D eigenvalue weighted by molar-refractivity contribution is -0.384. The Morgan fingerprint density at radius 2 is 1.79 bits per heavy atom. The summed E-state index contributed by atoms with van der Waals surface area (Å²) in [7, 11) is 1.48. The molecule has 0 aromatic heterocycles. The van der Waals surface area contributed by atoms with Crippen LogP contribution >= 0.6 is 0 Å². The molecule has 0 atom stereocenters. The van der Waals surface area contributed by atoms with Crippen molar-refractivity contribution in [3.8, 4) is 17.6 Å². The van der Waals surface area contributed by atoms with Crippen molar-refractivity contribution in [2.45, 2.75) is 6.92 Å². The number of allylic oxidation sites excluding steroid dienone is 1. The molecule has 0 aliphatic rings. The number of methoxy groups -OCH3 is 1. The number of aryl methyl sites for hydroxylation is 1. The van der Waals surface area contributed by atoms with Crippen LogP contribution in [0.3, 0.4) is 0 Å². The molecule has 8 nitrogen and oxygen atoms in total. The fourth-order valence-corrected chi connectivity index (χ4v) is 2.98. The van der Waals surface area contributed by atoms with Crippen LogP contribution in [0, 0.1) is 28.4 Å². The second-order valence-corrected chi connectivity index (χ2v) is 7.09. The first kappa shape index (κ1) is 23.0. The van der Waals surface area contributed by atoms with Gasteiger partial charge in [0.15, 0.2) is 18.1 Å². The van der Waals surface area contributed by atoms with E-state index < -0.39 is 4.92 Å². The molecule has 8 heteroatoms. The van der Waals surface area contributed by atoms with Crippen LogP contribution < -0.4 is 14.8 Å². The second kappa shape index (κ2) is 10.6. The average Bonchev–Trinajstić information content (AvgIpc) is 2.83. The van der Waals surface area contributed by atoms with Crippen molar-refractivity contribution in [1.29, 1.82) is 5.26 Å². The van der Waals surface area contributed by atoms with Gasteiger partial charge in [-0.05, 0) is 60.5 Å². The normalized spacial score (nSPS) is 10.8. The third-order valence-corrected chi connectivity index (χ3v) is 4.70. The SMILES string of the molecule is COc1cc(/C=C(/C#N)c2ccc([N+](=O)[O-])cc2)ccc1OCC(=O)Nc1ccc(C)cc1. The van der Waals surface area contributed by atoms with Gasteiger partial charge in [0, 0.05) is 17.8 Å². The molecular weight excluding hydrogens is 422 g/mol. The van der Waals surface area contributed by atoms with Gasteiger partial charge in [-0.3, -0.25) is 14.9 Å². The van der Waals surface area contributed by atoms with Crippen LogP contribution in [0.4, 0.5) is 11.4 Å². The topological polar surface area (TPSA) is 114 Å². The van der Waals surface area contributed by atoms with Crippen LogP contribution in [-0.2, 0) is 4.79 Å². The largest absolute Gasteiger partial charge is 0.493 e. The third kappa shape index (κ3) is 6.18. The number of rotatable bonds is 8. The number of nitrogens with one attached hydrogen (secondary N) is 1. The van der Waals surface area contributed by atoms with E-state index in [0.717, 1.165) is 5.56 Å². The molecule has 33 heavy (non-hydrogen) atoms. The van der Waals surface area contributed by atoms with E-state index in [1.165, 1.54) is 31.4 Å². The Morgan fingerprint density at radius 1 is 1.09 bits per heavy atom. The molecule has 1 amide bonds. The summed E-state index contributed by atoms with van der Waals surface area (Å²) in [5, 5.41) is 23.1. The first-order chi connectivity index (χ1) is 15.9. The van der Waals surface area contributed by atoms with E-state index in [0.29, 0.717) is 33.9 Å². The van der Waals surface area contributed by atoms with Crippen molar-refractivity contribution in [2.24, 2.45) is 0 Å². The van der Waals surface area contributed by atoms with E-state index in [1.54, 1.807) is 24.3 Å². The summed E-state index contributed by atoms with van der Waals surface area (Å²) in [6.45, 7) is 1.76. The van der Waals surface area contributed by atoms with Gasteiger partial charge in [0.2, 0.25) is 0 Å². The van der Waals surface area contributed by atoms with Crippen molar-refractivity contribution < 1.29 is 19.2 Å². The number of nitrogens with zero attached hydrogens (tertiary/aromatic N) is 2. The summed E-state index contributed by atoms with van der Waals surface area (Å²) in [5.41, 5.74) is 3.27. The Morgan fingerprint density at radius 3 is 2.39 bits per heavy atom. The summed E-state index contributed by atoms with van der Waals surface area (Å²) in [6.07, 6.45) is 1.64. The fraction of sp³-hybridized carbons (Fsp3) is 0.120. The Balaban J connectivity index is 1.71. The van der Waals surface area contributed by atoms with Crippen LogP contribution in [-0.4, -0.2) is 24.5 Å². The molecule has 166 valence electrons. The molecule has 0 unspecified atom stereocenters. The first-order valence-electron chi connectivity index (χ1n) is 9.93. The van der Waals surface area contributed by atoms with Crippen molar-refractivity contribution >= 4 is 28.9 Å². The van der Waals surface area contributed by atoms with Gasteiger partial charge in [-0.15, -0.1) is 0 Å². The molecule has 0 fully saturated rings. The summed E-state index contributed by atoms with van der Waals surface area (Å²) in [5.74, 6) is 0.463. The summed E-state index contributed by atoms with van der Waals surface area (Å²) in [4.78, 5) is 22.5. The minimum atomic E-state index is -0.496. The number of ether oxygens (including phenoxy) is 2. The fourth-order valence-electron chi connectivity index (χ4n) is 2.98. The van der Waals surface area contributed by atoms with Gasteiger partial charge in [-0.2, -0.15) is 5.26 Å². The minimum absolute atomic E-state index is 0.0503. The van der Waals surface area contributed by atoms with E-state index in [1.807, 2.05) is 31.2 Å². The molecule has 0 bridgehead atoms. The molecule has 3 aromatic carbocycles. The third-order valence-electron chi connectivity index (χ3n) is 4.70. The maximum Gasteiger partial charge on any atom is 0.269 e. The number of benzene rings is 3. The zero-order valence-electron chi connectivity index (χ0n) is 18.1. The number of nitro groups is 1. The van der Waals surface area contributed by atoms with Gasteiger partial charge < -0.3 is 14.8 Å². The van der Waals surface area contributed by atoms with Crippen LogP contribution in [0.5, 0.6) is 11.5 Å². The number of anilines is 1. The molecule has 0 spiro atoms. The molecule has 0 radical (unpaired) electrons. The van der Waals surface area contributed by atoms with Gasteiger partial charge >= 0.3 is 0 Å². The van der Waals surface area contributed by atoms with E-state index in [9.17, 15) is 20.2 Å². The Hall–Kier alpha value is -4.64. The average molecular weight is 443 g/mol. The maximum atomic E-state index is 12.2. The number of nitro benzene ring substituents is 1. The molecule has 0 saturated heterocycles.